The summed E-state index contributed by atoms with van der Waals surface area (Å²) < 4.78 is 13.8. The Morgan fingerprint density at radius 3 is 2.23 bits per heavy atom. The highest BCUT2D eigenvalue weighted by atomic mass is 19.1. The van der Waals surface area contributed by atoms with Gasteiger partial charge in [-0.2, -0.15) is 0 Å². The number of hydrogen-bond donors (Lipinski definition) is 0. The molecule has 0 bridgehead atoms. The fourth-order valence-corrected chi connectivity index (χ4v) is 3.82. The zero-order valence-electron chi connectivity index (χ0n) is 13.4. The standard InChI is InChI=1S/C21H25F/c1-2-5-16-8-10-17(11-9-16)18-12-14-19(15-13-18)20-6-3-4-7-21(20)22/h3-4,6-7,12-17H,2,5,8-11H2,1H3. The summed E-state index contributed by atoms with van der Waals surface area (Å²) in [6, 6.07) is 15.6. The molecule has 22 heavy (non-hydrogen) atoms. The highest BCUT2D eigenvalue weighted by molar-refractivity contribution is 5.64. The van der Waals surface area contributed by atoms with Crippen LogP contribution in [0.4, 0.5) is 4.39 Å². The summed E-state index contributed by atoms with van der Waals surface area (Å²) in [6.07, 6.45) is 8.06. The maximum Gasteiger partial charge on any atom is 0.131 e. The second-order valence-electron chi connectivity index (χ2n) is 6.61. The molecule has 0 saturated heterocycles. The van der Waals surface area contributed by atoms with Gasteiger partial charge in [-0.15, -0.1) is 0 Å². The summed E-state index contributed by atoms with van der Waals surface area (Å²) in [5, 5.41) is 0. The van der Waals surface area contributed by atoms with E-state index in [1.807, 2.05) is 12.1 Å². The lowest BCUT2D eigenvalue weighted by molar-refractivity contribution is 0.308. The van der Waals surface area contributed by atoms with E-state index in [9.17, 15) is 4.39 Å². The summed E-state index contributed by atoms with van der Waals surface area (Å²) in [4.78, 5) is 0. The van der Waals surface area contributed by atoms with Gasteiger partial charge in [0.15, 0.2) is 0 Å². The zero-order chi connectivity index (χ0) is 15.4. The Kier molecular flexibility index (Phi) is 4.92. The van der Waals surface area contributed by atoms with Crippen molar-refractivity contribution in [3.8, 4) is 11.1 Å². The van der Waals surface area contributed by atoms with Crippen LogP contribution in [-0.4, -0.2) is 0 Å². The maximum absolute atomic E-state index is 13.8. The van der Waals surface area contributed by atoms with Gasteiger partial charge in [-0.25, -0.2) is 4.39 Å². The van der Waals surface area contributed by atoms with E-state index in [-0.39, 0.29) is 5.82 Å². The van der Waals surface area contributed by atoms with Gasteiger partial charge in [-0.3, -0.25) is 0 Å². The van der Waals surface area contributed by atoms with Crippen molar-refractivity contribution in [1.82, 2.24) is 0 Å². The molecule has 3 rings (SSSR count). The smallest absolute Gasteiger partial charge is 0.131 e. The molecule has 0 aliphatic heterocycles. The molecule has 0 atom stereocenters. The number of hydrogen-bond acceptors (Lipinski definition) is 0. The molecule has 0 N–H and O–H groups in total. The molecule has 0 heterocycles. The lowest BCUT2D eigenvalue weighted by Crippen LogP contribution is -2.13. The van der Waals surface area contributed by atoms with E-state index >= 15 is 0 Å². The lowest BCUT2D eigenvalue weighted by Gasteiger charge is -2.28. The highest BCUT2D eigenvalue weighted by Gasteiger charge is 2.21. The maximum atomic E-state index is 13.8. The second kappa shape index (κ2) is 7.09. The van der Waals surface area contributed by atoms with Gasteiger partial charge < -0.3 is 0 Å². The van der Waals surface area contributed by atoms with Crippen LogP contribution in [0.3, 0.4) is 0 Å². The molecular weight excluding hydrogens is 271 g/mol. The third-order valence-corrected chi connectivity index (χ3v) is 5.11. The van der Waals surface area contributed by atoms with Crippen molar-refractivity contribution < 1.29 is 4.39 Å². The quantitative estimate of drug-likeness (QED) is 0.598. The molecule has 0 nitrogen and oxygen atoms in total. The van der Waals surface area contributed by atoms with Crippen LogP contribution >= 0.6 is 0 Å². The molecular formula is C21H25F. The minimum atomic E-state index is -0.143. The minimum absolute atomic E-state index is 0.143. The molecule has 116 valence electrons. The van der Waals surface area contributed by atoms with Crippen LogP contribution in [-0.2, 0) is 0 Å². The van der Waals surface area contributed by atoms with E-state index < -0.39 is 0 Å². The van der Waals surface area contributed by atoms with Gasteiger partial charge in [0.05, 0.1) is 0 Å². The molecule has 0 unspecified atom stereocenters. The van der Waals surface area contributed by atoms with Crippen molar-refractivity contribution in [3.63, 3.8) is 0 Å². The van der Waals surface area contributed by atoms with Gasteiger partial charge in [0.1, 0.15) is 5.82 Å². The third-order valence-electron chi connectivity index (χ3n) is 5.11. The van der Waals surface area contributed by atoms with Crippen LogP contribution in [0, 0.1) is 11.7 Å². The Hall–Kier alpha value is -1.63. The van der Waals surface area contributed by atoms with E-state index in [0.29, 0.717) is 11.5 Å². The van der Waals surface area contributed by atoms with Crippen LogP contribution < -0.4 is 0 Å². The van der Waals surface area contributed by atoms with E-state index in [1.54, 1.807) is 6.07 Å². The van der Waals surface area contributed by atoms with Crippen LogP contribution in [0.15, 0.2) is 48.5 Å². The first-order valence-electron chi connectivity index (χ1n) is 8.62. The summed E-state index contributed by atoms with van der Waals surface area (Å²) in [6.45, 7) is 2.29. The van der Waals surface area contributed by atoms with Crippen molar-refractivity contribution in [3.05, 3.63) is 59.9 Å². The predicted octanol–water partition coefficient (Wildman–Crippen LogP) is 6.57. The van der Waals surface area contributed by atoms with Gasteiger partial charge in [-0.1, -0.05) is 62.2 Å². The first kappa shape index (κ1) is 15.3. The average Bonchev–Trinajstić information content (AvgIpc) is 2.57. The topological polar surface area (TPSA) is 0 Å². The van der Waals surface area contributed by atoms with Crippen molar-refractivity contribution in [2.45, 2.75) is 51.4 Å². The molecule has 1 fully saturated rings. The van der Waals surface area contributed by atoms with Crippen molar-refractivity contribution in [2.24, 2.45) is 5.92 Å². The molecule has 0 spiro atoms. The van der Waals surface area contributed by atoms with Gasteiger partial charge in [0.25, 0.3) is 0 Å². The molecule has 2 aromatic rings. The molecule has 0 radical (unpaired) electrons. The number of rotatable bonds is 4. The van der Waals surface area contributed by atoms with Gasteiger partial charge in [0.2, 0.25) is 0 Å². The zero-order valence-corrected chi connectivity index (χ0v) is 13.4. The van der Waals surface area contributed by atoms with Crippen molar-refractivity contribution in [1.29, 1.82) is 0 Å². The van der Waals surface area contributed by atoms with Crippen LogP contribution in [0.1, 0.15) is 56.9 Å². The molecule has 1 saturated carbocycles. The molecule has 0 aromatic heterocycles. The summed E-state index contributed by atoms with van der Waals surface area (Å²) in [5.74, 6) is 1.50. The highest BCUT2D eigenvalue weighted by Crippen LogP contribution is 2.38. The Morgan fingerprint density at radius 2 is 1.59 bits per heavy atom. The van der Waals surface area contributed by atoms with E-state index in [2.05, 4.69) is 31.2 Å². The minimum Gasteiger partial charge on any atom is -0.206 e. The predicted molar refractivity (Wildman–Crippen MR) is 91.4 cm³/mol. The Bertz CT molecular complexity index is 592. The lowest BCUT2D eigenvalue weighted by atomic mass is 9.77. The average molecular weight is 296 g/mol. The van der Waals surface area contributed by atoms with Crippen LogP contribution in [0.2, 0.25) is 0 Å². The largest absolute Gasteiger partial charge is 0.206 e. The third kappa shape index (κ3) is 3.40. The first-order valence-corrected chi connectivity index (χ1v) is 8.62. The van der Waals surface area contributed by atoms with Crippen molar-refractivity contribution in [2.75, 3.05) is 0 Å². The molecule has 1 heteroatoms. The van der Waals surface area contributed by atoms with Crippen LogP contribution in [0.5, 0.6) is 0 Å². The first-order chi connectivity index (χ1) is 10.8. The Balaban J connectivity index is 1.69. The molecule has 1 aliphatic rings. The Morgan fingerprint density at radius 1 is 0.909 bits per heavy atom. The SMILES string of the molecule is CCCC1CCC(c2ccc(-c3ccccc3F)cc2)CC1. The summed E-state index contributed by atoms with van der Waals surface area (Å²) in [7, 11) is 0. The monoisotopic (exact) mass is 296 g/mol. The fraction of sp³-hybridized carbons (Fsp3) is 0.429. The van der Waals surface area contributed by atoms with E-state index in [4.69, 9.17) is 0 Å². The van der Waals surface area contributed by atoms with Crippen LogP contribution in [0.25, 0.3) is 11.1 Å². The van der Waals surface area contributed by atoms with Gasteiger partial charge in [-0.05, 0) is 54.7 Å². The summed E-state index contributed by atoms with van der Waals surface area (Å²) >= 11 is 0. The van der Waals surface area contributed by atoms with Crippen molar-refractivity contribution >= 4 is 0 Å². The number of halogens is 1. The van der Waals surface area contributed by atoms with Gasteiger partial charge in [0, 0.05) is 5.56 Å². The molecule has 1 aliphatic carbocycles. The Labute approximate surface area is 133 Å². The van der Waals surface area contributed by atoms with Gasteiger partial charge >= 0.3 is 0 Å². The second-order valence-corrected chi connectivity index (χ2v) is 6.61. The normalized spacial score (nSPS) is 21.7. The summed E-state index contributed by atoms with van der Waals surface area (Å²) in [5.41, 5.74) is 3.09. The van der Waals surface area contributed by atoms with E-state index in [1.165, 1.54) is 50.2 Å². The molecule has 2 aromatic carbocycles. The molecule has 0 amide bonds. The van der Waals surface area contributed by atoms with E-state index in [0.717, 1.165) is 11.5 Å². The fourth-order valence-electron chi connectivity index (χ4n) is 3.82. The number of benzene rings is 2.